The lowest BCUT2D eigenvalue weighted by Gasteiger charge is -2.35. The minimum atomic E-state index is 0.179. The van der Waals surface area contributed by atoms with E-state index >= 15 is 0 Å². The fourth-order valence-electron chi connectivity index (χ4n) is 3.99. The average molecular weight is 258 g/mol. The third-order valence-corrected chi connectivity index (χ3v) is 5.10. The zero-order valence-electron chi connectivity index (χ0n) is 12.0. The van der Waals surface area contributed by atoms with Crippen LogP contribution in [0.3, 0.4) is 0 Å². The maximum Gasteiger partial charge on any atom is 0.0417 e. The Balaban J connectivity index is 1.89. The van der Waals surface area contributed by atoms with E-state index < -0.39 is 0 Å². The minimum absolute atomic E-state index is 0.179. The predicted octanol–water partition coefficient (Wildman–Crippen LogP) is 3.87. The lowest BCUT2D eigenvalue weighted by atomic mass is 9.85. The Morgan fingerprint density at radius 2 is 2.00 bits per heavy atom. The summed E-state index contributed by atoms with van der Waals surface area (Å²) in [5, 5.41) is 0. The zero-order valence-corrected chi connectivity index (χ0v) is 12.0. The highest BCUT2D eigenvalue weighted by atomic mass is 15.2. The molecule has 104 valence electrons. The Kier molecular flexibility index (Phi) is 3.79. The van der Waals surface area contributed by atoms with E-state index in [0.29, 0.717) is 0 Å². The molecule has 2 N–H and O–H groups in total. The Labute approximate surface area is 117 Å². The van der Waals surface area contributed by atoms with Gasteiger partial charge in [-0.2, -0.15) is 0 Å². The summed E-state index contributed by atoms with van der Waals surface area (Å²) < 4.78 is 0. The van der Waals surface area contributed by atoms with Crippen LogP contribution in [0.1, 0.15) is 57.1 Å². The van der Waals surface area contributed by atoms with Gasteiger partial charge in [-0.1, -0.05) is 38.0 Å². The van der Waals surface area contributed by atoms with Crippen LogP contribution < -0.4 is 10.6 Å². The molecule has 19 heavy (non-hydrogen) atoms. The fraction of sp³-hybridized carbons (Fsp3) is 0.647. The normalized spacial score (nSPS) is 28.2. The smallest absolute Gasteiger partial charge is 0.0417 e. The fourth-order valence-corrected chi connectivity index (χ4v) is 3.99. The molecule has 1 aliphatic carbocycles. The number of rotatable bonds is 3. The second-order valence-electron chi connectivity index (χ2n) is 6.17. The molecule has 2 aliphatic rings. The monoisotopic (exact) mass is 258 g/mol. The van der Waals surface area contributed by atoms with Gasteiger partial charge < -0.3 is 10.6 Å². The first-order valence-electron chi connectivity index (χ1n) is 7.92. The summed E-state index contributed by atoms with van der Waals surface area (Å²) in [6.45, 7) is 3.40. The highest BCUT2D eigenvalue weighted by molar-refractivity contribution is 5.56. The number of fused-ring (bicyclic) bond motifs is 1. The van der Waals surface area contributed by atoms with E-state index in [2.05, 4.69) is 36.1 Å². The molecule has 1 saturated carbocycles. The van der Waals surface area contributed by atoms with Crippen LogP contribution in [0, 0.1) is 5.92 Å². The van der Waals surface area contributed by atoms with Gasteiger partial charge in [0.15, 0.2) is 0 Å². The van der Waals surface area contributed by atoms with E-state index in [1.165, 1.54) is 49.9 Å². The third-order valence-electron chi connectivity index (χ3n) is 5.10. The van der Waals surface area contributed by atoms with Gasteiger partial charge in [0, 0.05) is 24.3 Å². The Bertz CT molecular complexity index is 429. The molecule has 1 saturated heterocycles. The molecule has 3 atom stereocenters. The number of anilines is 1. The molecule has 0 aromatic heterocycles. The molecule has 0 amide bonds. The highest BCUT2D eigenvalue weighted by Gasteiger charge is 2.36. The van der Waals surface area contributed by atoms with Gasteiger partial charge in [0.1, 0.15) is 0 Å². The molecule has 1 aromatic carbocycles. The second kappa shape index (κ2) is 5.54. The summed E-state index contributed by atoms with van der Waals surface area (Å²) in [6.07, 6.45) is 8.04. The third kappa shape index (κ3) is 2.38. The van der Waals surface area contributed by atoms with Crippen molar-refractivity contribution < 1.29 is 0 Å². The van der Waals surface area contributed by atoms with Crippen LogP contribution in [0.2, 0.25) is 0 Å². The summed E-state index contributed by atoms with van der Waals surface area (Å²) in [5.74, 6) is 0.930. The standard InChI is InChI=1S/C17H26N2/c1-2-15(18)14-8-4-6-10-17(14)19-12-11-13-7-3-5-9-16(13)19/h4,6,8,10,13,15-16H,2-3,5,7,9,11-12,18H2,1H3. The summed E-state index contributed by atoms with van der Waals surface area (Å²) in [4.78, 5) is 2.66. The Hall–Kier alpha value is -1.02. The molecule has 3 unspecified atom stereocenters. The molecular weight excluding hydrogens is 232 g/mol. The number of hydrogen-bond donors (Lipinski definition) is 1. The predicted molar refractivity (Wildman–Crippen MR) is 81.4 cm³/mol. The lowest BCUT2D eigenvalue weighted by molar-refractivity contribution is 0.342. The molecule has 0 spiro atoms. The van der Waals surface area contributed by atoms with Gasteiger partial charge in [-0.05, 0) is 43.2 Å². The van der Waals surface area contributed by atoms with Crippen LogP contribution in [0.15, 0.2) is 24.3 Å². The van der Waals surface area contributed by atoms with Crippen molar-refractivity contribution in [3.05, 3.63) is 29.8 Å². The van der Waals surface area contributed by atoms with Crippen molar-refractivity contribution in [1.29, 1.82) is 0 Å². The van der Waals surface area contributed by atoms with Crippen molar-refractivity contribution in [1.82, 2.24) is 0 Å². The zero-order chi connectivity index (χ0) is 13.2. The van der Waals surface area contributed by atoms with Crippen molar-refractivity contribution in [2.24, 2.45) is 11.7 Å². The average Bonchev–Trinajstić information content (AvgIpc) is 2.90. The Morgan fingerprint density at radius 3 is 2.84 bits per heavy atom. The number of benzene rings is 1. The van der Waals surface area contributed by atoms with E-state index in [0.717, 1.165) is 18.4 Å². The van der Waals surface area contributed by atoms with Crippen LogP contribution in [0.4, 0.5) is 5.69 Å². The maximum absolute atomic E-state index is 6.30. The maximum atomic E-state index is 6.30. The summed E-state index contributed by atoms with van der Waals surface area (Å²) >= 11 is 0. The summed E-state index contributed by atoms with van der Waals surface area (Å²) in [6, 6.07) is 9.75. The van der Waals surface area contributed by atoms with Gasteiger partial charge in [0.2, 0.25) is 0 Å². The van der Waals surface area contributed by atoms with Crippen LogP contribution in [0.25, 0.3) is 0 Å². The molecule has 1 aromatic rings. The molecule has 3 rings (SSSR count). The van der Waals surface area contributed by atoms with E-state index in [1.54, 1.807) is 0 Å². The molecule has 2 nitrogen and oxygen atoms in total. The van der Waals surface area contributed by atoms with Gasteiger partial charge >= 0.3 is 0 Å². The van der Waals surface area contributed by atoms with Gasteiger partial charge in [0.05, 0.1) is 0 Å². The first-order valence-corrected chi connectivity index (χ1v) is 7.92. The largest absolute Gasteiger partial charge is 0.368 e. The molecule has 2 fully saturated rings. The number of hydrogen-bond acceptors (Lipinski definition) is 2. The Morgan fingerprint density at radius 1 is 1.21 bits per heavy atom. The molecule has 2 heteroatoms. The first kappa shape index (κ1) is 13.0. The lowest BCUT2D eigenvalue weighted by Crippen LogP contribution is -2.35. The topological polar surface area (TPSA) is 29.3 Å². The number of nitrogens with two attached hydrogens (primary N) is 1. The van der Waals surface area contributed by atoms with Crippen LogP contribution >= 0.6 is 0 Å². The molecular formula is C17H26N2. The molecule has 0 bridgehead atoms. The number of nitrogens with zero attached hydrogens (tertiary/aromatic N) is 1. The van der Waals surface area contributed by atoms with E-state index in [4.69, 9.17) is 5.73 Å². The summed E-state index contributed by atoms with van der Waals surface area (Å²) in [7, 11) is 0. The van der Waals surface area contributed by atoms with E-state index in [1.807, 2.05) is 0 Å². The van der Waals surface area contributed by atoms with Gasteiger partial charge in [0.25, 0.3) is 0 Å². The van der Waals surface area contributed by atoms with Crippen LogP contribution in [-0.4, -0.2) is 12.6 Å². The minimum Gasteiger partial charge on any atom is -0.368 e. The van der Waals surface area contributed by atoms with Gasteiger partial charge in [-0.25, -0.2) is 0 Å². The van der Waals surface area contributed by atoms with Crippen molar-refractivity contribution >= 4 is 5.69 Å². The SMILES string of the molecule is CCC(N)c1ccccc1N1CCC2CCCCC21. The van der Waals surface area contributed by atoms with Crippen molar-refractivity contribution in [2.45, 2.75) is 57.5 Å². The second-order valence-corrected chi connectivity index (χ2v) is 6.17. The van der Waals surface area contributed by atoms with Gasteiger partial charge in [-0.15, -0.1) is 0 Å². The molecule has 0 radical (unpaired) electrons. The van der Waals surface area contributed by atoms with Crippen LogP contribution in [-0.2, 0) is 0 Å². The first-order chi connectivity index (χ1) is 9.31. The molecule has 1 heterocycles. The van der Waals surface area contributed by atoms with Gasteiger partial charge in [-0.3, -0.25) is 0 Å². The molecule has 1 aliphatic heterocycles. The highest BCUT2D eigenvalue weighted by Crippen LogP contribution is 2.40. The van der Waals surface area contributed by atoms with Crippen molar-refractivity contribution in [3.8, 4) is 0 Å². The van der Waals surface area contributed by atoms with Crippen molar-refractivity contribution in [2.75, 3.05) is 11.4 Å². The van der Waals surface area contributed by atoms with Crippen molar-refractivity contribution in [3.63, 3.8) is 0 Å². The number of para-hydroxylation sites is 1. The van der Waals surface area contributed by atoms with E-state index in [-0.39, 0.29) is 6.04 Å². The summed E-state index contributed by atoms with van der Waals surface area (Å²) in [5.41, 5.74) is 9.06. The van der Waals surface area contributed by atoms with Crippen LogP contribution in [0.5, 0.6) is 0 Å². The van der Waals surface area contributed by atoms with E-state index in [9.17, 15) is 0 Å². The quantitative estimate of drug-likeness (QED) is 0.892.